The fourth-order valence-corrected chi connectivity index (χ4v) is 1.99. The van der Waals surface area contributed by atoms with Crippen molar-refractivity contribution in [2.24, 2.45) is 0 Å². The monoisotopic (exact) mass is 174 g/mol. The molecule has 1 nitrogen and oxygen atoms in total. The Kier molecular flexibility index (Phi) is 1.92. The van der Waals surface area contributed by atoms with E-state index in [1.165, 1.54) is 0 Å². The lowest BCUT2D eigenvalue weighted by Crippen LogP contribution is -1.75. The normalized spacial score (nSPS) is 10.3. The third kappa shape index (κ3) is 1.25. The summed E-state index contributed by atoms with van der Waals surface area (Å²) in [5.74, 6) is 0. The van der Waals surface area contributed by atoms with Crippen LogP contribution >= 0.6 is 11.3 Å². The third-order valence-electron chi connectivity index (χ3n) is 1.58. The Morgan fingerprint density at radius 2 is 2.58 bits per heavy atom. The summed E-state index contributed by atoms with van der Waals surface area (Å²) in [7, 11) is 0. The molecule has 1 aromatic carbocycles. The molecule has 0 aliphatic carbocycles. The molecule has 1 heterocycles. The molecule has 0 spiro atoms. The lowest BCUT2D eigenvalue weighted by atomic mass is 10.3. The molecular weight excluding hydrogens is 166 g/mol. The van der Waals surface area contributed by atoms with Crippen LogP contribution < -0.4 is 0 Å². The van der Waals surface area contributed by atoms with Gasteiger partial charge in [-0.25, -0.2) is 4.98 Å². The van der Waals surface area contributed by atoms with Crippen molar-refractivity contribution in [3.05, 3.63) is 41.9 Å². The summed E-state index contributed by atoms with van der Waals surface area (Å²) in [5, 5.41) is 1.11. The van der Waals surface area contributed by atoms with Crippen LogP contribution in [0.5, 0.6) is 0 Å². The lowest BCUT2D eigenvalue weighted by Gasteiger charge is -1.81. The zero-order chi connectivity index (χ0) is 8.39. The highest BCUT2D eigenvalue weighted by atomic mass is 32.1. The van der Waals surface area contributed by atoms with E-state index in [2.05, 4.69) is 17.6 Å². The third-order valence-corrected chi connectivity index (χ3v) is 2.61. The number of fused-ring (bicyclic) bond motifs is 1. The van der Waals surface area contributed by atoms with Crippen molar-refractivity contribution in [3.63, 3.8) is 0 Å². The Morgan fingerprint density at radius 3 is 3.33 bits per heavy atom. The van der Waals surface area contributed by atoms with Gasteiger partial charge in [-0.2, -0.15) is 0 Å². The van der Waals surface area contributed by atoms with Crippen molar-refractivity contribution in [1.29, 1.82) is 0 Å². The zero-order valence-electron chi connectivity index (χ0n) is 6.58. The molecule has 0 saturated carbocycles. The zero-order valence-corrected chi connectivity index (χ0v) is 7.40. The summed E-state index contributed by atoms with van der Waals surface area (Å²) in [5.41, 5.74) is 1.04. The molecule has 0 fully saturated rings. The summed E-state index contributed by atoms with van der Waals surface area (Å²) in [6, 6.07) is 9.03. The molecule has 0 amide bonds. The number of aromatic nitrogens is 1. The molecule has 0 atom stereocenters. The molecule has 2 aromatic rings. The number of rotatable bonds is 2. The minimum Gasteiger partial charge on any atom is -0.241 e. The number of nitrogens with zero attached hydrogens (tertiary/aromatic N) is 1. The fraction of sp³-hybridized carbons (Fsp3) is 0.100. The van der Waals surface area contributed by atoms with Crippen molar-refractivity contribution in [1.82, 2.24) is 4.98 Å². The van der Waals surface area contributed by atoms with E-state index in [0.29, 0.717) is 0 Å². The van der Waals surface area contributed by atoms with E-state index in [0.717, 1.165) is 21.6 Å². The van der Waals surface area contributed by atoms with Crippen LogP contribution in [0.3, 0.4) is 0 Å². The van der Waals surface area contributed by atoms with E-state index < -0.39 is 0 Å². The minimum absolute atomic E-state index is 0.854. The first-order valence-corrected chi connectivity index (χ1v) is 4.59. The van der Waals surface area contributed by atoms with Crippen LogP contribution in [0, 0.1) is 6.07 Å². The van der Waals surface area contributed by atoms with Crippen molar-refractivity contribution < 1.29 is 0 Å². The second kappa shape index (κ2) is 3.07. The number of hydrogen-bond donors (Lipinski definition) is 0. The molecule has 1 aromatic heterocycles. The van der Waals surface area contributed by atoms with E-state index in [9.17, 15) is 0 Å². The topological polar surface area (TPSA) is 12.9 Å². The van der Waals surface area contributed by atoms with Crippen molar-refractivity contribution in [2.75, 3.05) is 0 Å². The highest BCUT2D eigenvalue weighted by molar-refractivity contribution is 7.18. The van der Waals surface area contributed by atoms with Crippen molar-refractivity contribution >= 4 is 21.6 Å². The molecule has 2 heteroatoms. The van der Waals surface area contributed by atoms with Gasteiger partial charge in [0.2, 0.25) is 0 Å². The first-order valence-electron chi connectivity index (χ1n) is 3.77. The second-order valence-electron chi connectivity index (χ2n) is 2.48. The SMILES string of the molecule is C=CCc1nc2ccc[c]c2s1. The molecule has 0 N–H and O–H groups in total. The van der Waals surface area contributed by atoms with Gasteiger partial charge in [0.15, 0.2) is 0 Å². The molecular formula is C10H8NS. The quantitative estimate of drug-likeness (QED) is 0.638. The lowest BCUT2D eigenvalue weighted by molar-refractivity contribution is 1.22. The molecule has 2 rings (SSSR count). The summed E-state index contributed by atoms with van der Waals surface area (Å²) >= 11 is 1.68. The molecule has 0 bridgehead atoms. The molecule has 1 radical (unpaired) electrons. The van der Waals surface area contributed by atoms with Crippen LogP contribution in [-0.2, 0) is 6.42 Å². The Bertz CT molecular complexity index is 370. The molecule has 12 heavy (non-hydrogen) atoms. The van der Waals surface area contributed by atoms with Crippen molar-refractivity contribution in [2.45, 2.75) is 6.42 Å². The van der Waals surface area contributed by atoms with Crippen LogP contribution in [0.2, 0.25) is 0 Å². The second-order valence-corrected chi connectivity index (χ2v) is 3.57. The minimum atomic E-state index is 0.854. The van der Waals surface area contributed by atoms with Crippen LogP contribution in [0.25, 0.3) is 10.2 Å². The van der Waals surface area contributed by atoms with Gasteiger partial charge in [-0.3, -0.25) is 0 Å². The van der Waals surface area contributed by atoms with Crippen LogP contribution in [0.15, 0.2) is 30.9 Å². The van der Waals surface area contributed by atoms with Gasteiger partial charge in [0.05, 0.1) is 15.2 Å². The maximum absolute atomic E-state index is 4.42. The summed E-state index contributed by atoms with van der Waals surface area (Å²) in [6.45, 7) is 3.68. The summed E-state index contributed by atoms with van der Waals surface area (Å²) < 4.78 is 1.13. The van der Waals surface area contributed by atoms with E-state index in [-0.39, 0.29) is 0 Å². The molecule has 0 saturated heterocycles. The Labute approximate surface area is 75.4 Å². The Hall–Kier alpha value is -1.15. The molecule has 0 aliphatic rings. The smallest absolute Gasteiger partial charge is 0.0976 e. The van der Waals surface area contributed by atoms with Gasteiger partial charge in [0, 0.05) is 12.5 Å². The summed E-state index contributed by atoms with van der Waals surface area (Å²) in [4.78, 5) is 4.42. The van der Waals surface area contributed by atoms with E-state index in [4.69, 9.17) is 0 Å². The van der Waals surface area contributed by atoms with Gasteiger partial charge >= 0.3 is 0 Å². The Morgan fingerprint density at radius 1 is 1.67 bits per heavy atom. The number of hydrogen-bond acceptors (Lipinski definition) is 2. The maximum atomic E-state index is 4.42. The van der Waals surface area contributed by atoms with Crippen LogP contribution in [-0.4, -0.2) is 4.98 Å². The average Bonchev–Trinajstić information content (AvgIpc) is 2.47. The fourth-order valence-electron chi connectivity index (χ4n) is 1.07. The van der Waals surface area contributed by atoms with Gasteiger partial charge in [-0.15, -0.1) is 17.9 Å². The first kappa shape index (κ1) is 7.50. The number of benzene rings is 1. The van der Waals surface area contributed by atoms with E-state index in [1.54, 1.807) is 11.3 Å². The number of allylic oxidation sites excluding steroid dienone is 1. The van der Waals surface area contributed by atoms with Crippen LogP contribution in [0.4, 0.5) is 0 Å². The maximum Gasteiger partial charge on any atom is 0.0976 e. The van der Waals surface area contributed by atoms with E-state index >= 15 is 0 Å². The first-order chi connectivity index (χ1) is 5.90. The largest absolute Gasteiger partial charge is 0.241 e. The van der Waals surface area contributed by atoms with E-state index in [1.807, 2.05) is 24.3 Å². The molecule has 0 unspecified atom stereocenters. The van der Waals surface area contributed by atoms with Gasteiger partial charge in [-0.05, 0) is 6.07 Å². The van der Waals surface area contributed by atoms with Crippen molar-refractivity contribution in [3.8, 4) is 0 Å². The summed E-state index contributed by atoms with van der Waals surface area (Å²) in [6.07, 6.45) is 2.73. The highest BCUT2D eigenvalue weighted by Gasteiger charge is 1.99. The standard InChI is InChI=1S/C10H8NS/c1-2-5-10-11-8-6-3-4-7-9(8)12-10/h2-4,6H,1,5H2. The predicted octanol–water partition coefficient (Wildman–Crippen LogP) is 2.82. The van der Waals surface area contributed by atoms with Crippen LogP contribution in [0.1, 0.15) is 5.01 Å². The Balaban J connectivity index is 2.54. The van der Waals surface area contributed by atoms with Gasteiger partial charge in [0.25, 0.3) is 0 Å². The molecule has 0 aliphatic heterocycles. The van der Waals surface area contributed by atoms with Gasteiger partial charge in [-0.1, -0.05) is 18.2 Å². The average molecular weight is 174 g/mol. The molecule has 59 valence electrons. The van der Waals surface area contributed by atoms with Gasteiger partial charge < -0.3 is 0 Å². The highest BCUT2D eigenvalue weighted by Crippen LogP contribution is 2.21. The van der Waals surface area contributed by atoms with Gasteiger partial charge in [0.1, 0.15) is 0 Å². The predicted molar refractivity (Wildman–Crippen MR) is 52.4 cm³/mol. The number of thiazole rings is 1.